The molecule has 0 saturated heterocycles. The minimum Gasteiger partial charge on any atom is -0.462 e. The van der Waals surface area contributed by atoms with Gasteiger partial charge in [-0.25, -0.2) is 9.69 Å². The number of carbonyl (C=O) groups is 3. The van der Waals surface area contributed by atoms with E-state index in [2.05, 4.69) is 5.32 Å². The van der Waals surface area contributed by atoms with Crippen molar-refractivity contribution in [2.24, 2.45) is 0 Å². The van der Waals surface area contributed by atoms with E-state index in [4.69, 9.17) is 16.3 Å². The first-order chi connectivity index (χ1) is 13.3. The predicted octanol–water partition coefficient (Wildman–Crippen LogP) is 3.92. The molecule has 0 aromatic heterocycles. The Balaban J connectivity index is 1.90. The van der Waals surface area contributed by atoms with Gasteiger partial charge >= 0.3 is 5.97 Å². The van der Waals surface area contributed by atoms with Crippen molar-refractivity contribution in [1.29, 1.82) is 0 Å². The number of benzene rings is 2. The second-order valence-electron chi connectivity index (χ2n) is 6.28. The molecule has 0 saturated carbocycles. The lowest BCUT2D eigenvalue weighted by molar-refractivity contribution is -0.120. The van der Waals surface area contributed by atoms with E-state index in [-0.39, 0.29) is 17.3 Å². The van der Waals surface area contributed by atoms with Crippen LogP contribution in [0.3, 0.4) is 0 Å². The third-order valence-electron chi connectivity index (χ3n) is 4.49. The number of esters is 1. The Hall–Kier alpha value is -3.12. The summed E-state index contributed by atoms with van der Waals surface area (Å²) in [4.78, 5) is 38.5. The van der Waals surface area contributed by atoms with Crippen molar-refractivity contribution in [2.45, 2.75) is 20.8 Å². The van der Waals surface area contributed by atoms with Gasteiger partial charge in [0.15, 0.2) is 0 Å². The molecule has 0 fully saturated rings. The van der Waals surface area contributed by atoms with Gasteiger partial charge in [0.05, 0.1) is 17.9 Å². The number of nitrogens with one attached hydrogen (secondary N) is 1. The summed E-state index contributed by atoms with van der Waals surface area (Å²) in [5.74, 6) is -1.62. The van der Waals surface area contributed by atoms with Crippen molar-refractivity contribution in [3.05, 3.63) is 69.9 Å². The molecule has 2 aromatic rings. The van der Waals surface area contributed by atoms with Crippen molar-refractivity contribution in [3.8, 4) is 0 Å². The smallest absolute Gasteiger partial charge is 0.338 e. The van der Waals surface area contributed by atoms with Crippen LogP contribution in [0.15, 0.2) is 53.2 Å². The van der Waals surface area contributed by atoms with E-state index in [0.29, 0.717) is 16.9 Å². The maximum atomic E-state index is 12.9. The number of imide groups is 1. The van der Waals surface area contributed by atoms with Gasteiger partial charge in [-0.1, -0.05) is 29.8 Å². The molecule has 1 heterocycles. The number of amides is 2. The van der Waals surface area contributed by atoms with E-state index in [1.807, 2.05) is 19.9 Å². The first-order valence-corrected chi connectivity index (χ1v) is 9.12. The SMILES string of the molecule is CCOC(=O)c1cccc(NC2=C(Cl)C(=O)N(c3cccc(C)c3C)C2=O)c1. The standard InChI is InChI=1S/C21H19ClN2O4/c1-4-28-21(27)14-8-6-9-15(11-14)23-18-17(22)19(25)24(20(18)26)16-10-5-7-12(2)13(16)3/h5-11,23H,4H2,1-3H3. The molecular formula is C21H19ClN2O4. The Morgan fingerprint density at radius 2 is 1.82 bits per heavy atom. The summed E-state index contributed by atoms with van der Waals surface area (Å²) in [5.41, 5.74) is 3.00. The maximum Gasteiger partial charge on any atom is 0.338 e. The fourth-order valence-corrected chi connectivity index (χ4v) is 3.10. The highest BCUT2D eigenvalue weighted by Gasteiger charge is 2.39. The third-order valence-corrected chi connectivity index (χ3v) is 4.84. The van der Waals surface area contributed by atoms with Gasteiger partial charge in [-0.05, 0) is 56.2 Å². The van der Waals surface area contributed by atoms with Crippen molar-refractivity contribution < 1.29 is 19.1 Å². The van der Waals surface area contributed by atoms with Crippen LogP contribution in [0.1, 0.15) is 28.4 Å². The van der Waals surface area contributed by atoms with Crippen LogP contribution in [0.4, 0.5) is 11.4 Å². The Kier molecular flexibility index (Phi) is 5.51. The third kappa shape index (κ3) is 3.51. The highest BCUT2D eigenvalue weighted by Crippen LogP contribution is 2.32. The minimum absolute atomic E-state index is 0.0337. The molecule has 28 heavy (non-hydrogen) atoms. The Morgan fingerprint density at radius 1 is 1.11 bits per heavy atom. The summed E-state index contributed by atoms with van der Waals surface area (Å²) >= 11 is 6.18. The normalized spacial score (nSPS) is 13.9. The summed E-state index contributed by atoms with van der Waals surface area (Å²) in [6.45, 7) is 5.72. The summed E-state index contributed by atoms with van der Waals surface area (Å²) in [6.07, 6.45) is 0. The molecule has 1 N–H and O–H groups in total. The fraction of sp³-hybridized carbons (Fsp3) is 0.190. The lowest BCUT2D eigenvalue weighted by Crippen LogP contribution is -2.33. The largest absolute Gasteiger partial charge is 0.462 e. The van der Waals surface area contributed by atoms with E-state index in [0.717, 1.165) is 16.0 Å². The predicted molar refractivity (Wildman–Crippen MR) is 107 cm³/mol. The first kappa shape index (κ1) is 19.6. The van der Waals surface area contributed by atoms with Gasteiger partial charge in [0.2, 0.25) is 0 Å². The molecule has 0 bridgehead atoms. The zero-order chi connectivity index (χ0) is 20.4. The van der Waals surface area contributed by atoms with Crippen LogP contribution in [-0.2, 0) is 14.3 Å². The average Bonchev–Trinajstić information content (AvgIpc) is 2.88. The molecule has 2 amide bonds. The van der Waals surface area contributed by atoms with Gasteiger partial charge in [-0.15, -0.1) is 0 Å². The molecule has 6 nitrogen and oxygen atoms in total. The number of hydrogen-bond acceptors (Lipinski definition) is 5. The van der Waals surface area contributed by atoms with Gasteiger partial charge in [0, 0.05) is 5.69 Å². The Labute approximate surface area is 167 Å². The van der Waals surface area contributed by atoms with Crippen LogP contribution in [0.25, 0.3) is 0 Å². The molecule has 1 aliphatic heterocycles. The van der Waals surface area contributed by atoms with Crippen molar-refractivity contribution in [2.75, 3.05) is 16.8 Å². The highest BCUT2D eigenvalue weighted by atomic mass is 35.5. The van der Waals surface area contributed by atoms with E-state index in [1.54, 1.807) is 37.3 Å². The zero-order valence-corrected chi connectivity index (χ0v) is 16.5. The second kappa shape index (κ2) is 7.86. The maximum absolute atomic E-state index is 12.9. The molecule has 1 aliphatic rings. The molecule has 0 atom stereocenters. The number of anilines is 2. The van der Waals surface area contributed by atoms with E-state index < -0.39 is 17.8 Å². The van der Waals surface area contributed by atoms with Crippen molar-refractivity contribution in [3.63, 3.8) is 0 Å². The number of carbonyl (C=O) groups excluding carboxylic acids is 3. The summed E-state index contributed by atoms with van der Waals surface area (Å²) in [7, 11) is 0. The molecular weight excluding hydrogens is 380 g/mol. The molecule has 3 rings (SSSR count). The van der Waals surface area contributed by atoms with Gasteiger partial charge in [-0.3, -0.25) is 9.59 Å². The lowest BCUT2D eigenvalue weighted by atomic mass is 10.1. The Bertz CT molecular complexity index is 1010. The van der Waals surface area contributed by atoms with E-state index >= 15 is 0 Å². The summed E-state index contributed by atoms with van der Waals surface area (Å²) < 4.78 is 4.98. The molecule has 0 spiro atoms. The number of hydrogen-bond donors (Lipinski definition) is 1. The number of halogens is 1. The Morgan fingerprint density at radius 3 is 2.54 bits per heavy atom. The van der Waals surface area contributed by atoms with E-state index in [9.17, 15) is 14.4 Å². The molecule has 0 radical (unpaired) electrons. The number of ether oxygens (including phenoxy) is 1. The fourth-order valence-electron chi connectivity index (χ4n) is 2.89. The number of nitrogens with zero attached hydrogens (tertiary/aromatic N) is 1. The monoisotopic (exact) mass is 398 g/mol. The first-order valence-electron chi connectivity index (χ1n) is 8.74. The van der Waals surface area contributed by atoms with Crippen LogP contribution in [0.5, 0.6) is 0 Å². The summed E-state index contributed by atoms with van der Waals surface area (Å²) in [5, 5.41) is 2.67. The van der Waals surface area contributed by atoms with Crippen LogP contribution in [0, 0.1) is 13.8 Å². The van der Waals surface area contributed by atoms with Crippen LogP contribution in [-0.4, -0.2) is 24.4 Å². The van der Waals surface area contributed by atoms with Crippen LogP contribution < -0.4 is 10.2 Å². The topological polar surface area (TPSA) is 75.7 Å². The summed E-state index contributed by atoms with van der Waals surface area (Å²) in [6, 6.07) is 11.8. The van der Waals surface area contributed by atoms with E-state index in [1.165, 1.54) is 6.07 Å². The molecule has 2 aromatic carbocycles. The highest BCUT2D eigenvalue weighted by molar-refractivity contribution is 6.53. The van der Waals surface area contributed by atoms with Gasteiger partial charge in [0.1, 0.15) is 10.7 Å². The van der Waals surface area contributed by atoms with Crippen molar-refractivity contribution in [1.82, 2.24) is 0 Å². The molecule has 7 heteroatoms. The lowest BCUT2D eigenvalue weighted by Gasteiger charge is -2.18. The average molecular weight is 399 g/mol. The van der Waals surface area contributed by atoms with Gasteiger partial charge in [-0.2, -0.15) is 0 Å². The number of rotatable bonds is 5. The number of aryl methyl sites for hydroxylation is 1. The molecule has 144 valence electrons. The molecule has 0 unspecified atom stereocenters. The quantitative estimate of drug-likeness (QED) is 0.610. The molecule has 0 aliphatic carbocycles. The van der Waals surface area contributed by atoms with Gasteiger partial charge in [0.25, 0.3) is 11.8 Å². The van der Waals surface area contributed by atoms with Crippen molar-refractivity contribution >= 4 is 40.8 Å². The van der Waals surface area contributed by atoms with Gasteiger partial charge < -0.3 is 10.1 Å². The zero-order valence-electron chi connectivity index (χ0n) is 15.7. The van der Waals surface area contributed by atoms with Crippen LogP contribution >= 0.6 is 11.6 Å². The second-order valence-corrected chi connectivity index (χ2v) is 6.66. The minimum atomic E-state index is -0.593. The van der Waals surface area contributed by atoms with Crippen LogP contribution in [0.2, 0.25) is 0 Å².